The van der Waals surface area contributed by atoms with Crippen LogP contribution in [0.25, 0.3) is 11.3 Å². The molecule has 20 heavy (non-hydrogen) atoms. The summed E-state index contributed by atoms with van der Waals surface area (Å²) in [5.74, 6) is 1.38. The van der Waals surface area contributed by atoms with Gasteiger partial charge in [-0.3, -0.25) is 0 Å². The molecule has 0 aliphatic rings. The van der Waals surface area contributed by atoms with Crippen molar-refractivity contribution in [2.24, 2.45) is 0 Å². The molecule has 0 saturated heterocycles. The van der Waals surface area contributed by atoms with Crippen molar-refractivity contribution in [2.75, 3.05) is 5.73 Å². The van der Waals surface area contributed by atoms with Crippen molar-refractivity contribution in [3.05, 3.63) is 34.3 Å². The zero-order chi connectivity index (χ0) is 14.7. The van der Waals surface area contributed by atoms with Gasteiger partial charge in [-0.2, -0.15) is 0 Å². The van der Waals surface area contributed by atoms with Crippen LogP contribution >= 0.6 is 15.9 Å². The van der Waals surface area contributed by atoms with Crippen LogP contribution < -0.4 is 5.73 Å². The van der Waals surface area contributed by atoms with E-state index < -0.39 is 0 Å². The van der Waals surface area contributed by atoms with Crippen molar-refractivity contribution in [1.29, 1.82) is 0 Å². The Balaban J connectivity index is 2.53. The maximum Gasteiger partial charge on any atom is 0.131 e. The minimum atomic E-state index is -0.277. The quantitative estimate of drug-likeness (QED) is 0.877. The van der Waals surface area contributed by atoms with E-state index in [1.54, 1.807) is 6.07 Å². The van der Waals surface area contributed by atoms with Gasteiger partial charge in [0.2, 0.25) is 0 Å². The SMILES string of the molecule is CCCc1nc(-c2ccc(F)cc2Br)c(N)n1CCC. The summed E-state index contributed by atoms with van der Waals surface area (Å²) in [6, 6.07) is 4.58. The molecule has 0 amide bonds. The number of nitrogens with zero attached hydrogens (tertiary/aromatic N) is 2. The Hall–Kier alpha value is -1.36. The fourth-order valence-corrected chi connectivity index (χ4v) is 2.82. The molecular formula is C15H19BrFN3. The normalized spacial score (nSPS) is 11.0. The van der Waals surface area contributed by atoms with Gasteiger partial charge in [0.1, 0.15) is 23.2 Å². The molecular weight excluding hydrogens is 321 g/mol. The number of aryl methyl sites for hydroxylation is 1. The molecule has 0 unspecified atom stereocenters. The highest BCUT2D eigenvalue weighted by atomic mass is 79.9. The monoisotopic (exact) mass is 339 g/mol. The van der Waals surface area contributed by atoms with Crippen molar-refractivity contribution < 1.29 is 4.39 Å². The maximum absolute atomic E-state index is 13.2. The fraction of sp³-hybridized carbons (Fsp3) is 0.400. The first-order valence-corrected chi connectivity index (χ1v) is 7.68. The highest BCUT2D eigenvalue weighted by molar-refractivity contribution is 9.10. The molecule has 2 rings (SSSR count). The number of hydrogen-bond donors (Lipinski definition) is 1. The second kappa shape index (κ2) is 6.39. The van der Waals surface area contributed by atoms with E-state index in [2.05, 4.69) is 39.3 Å². The third kappa shape index (κ3) is 2.87. The predicted octanol–water partition coefficient (Wildman–Crippen LogP) is 4.40. The van der Waals surface area contributed by atoms with Crippen molar-refractivity contribution in [3.8, 4) is 11.3 Å². The lowest BCUT2D eigenvalue weighted by molar-refractivity contribution is 0.627. The van der Waals surface area contributed by atoms with Gasteiger partial charge < -0.3 is 10.3 Å². The van der Waals surface area contributed by atoms with Gasteiger partial charge in [0, 0.05) is 23.0 Å². The highest BCUT2D eigenvalue weighted by Gasteiger charge is 2.17. The van der Waals surface area contributed by atoms with Gasteiger partial charge in [0.15, 0.2) is 0 Å². The van der Waals surface area contributed by atoms with Gasteiger partial charge in [-0.15, -0.1) is 0 Å². The van der Waals surface area contributed by atoms with Gasteiger partial charge in [0.25, 0.3) is 0 Å². The Morgan fingerprint density at radius 1 is 1.30 bits per heavy atom. The topological polar surface area (TPSA) is 43.8 Å². The molecule has 1 aromatic heterocycles. The first-order valence-electron chi connectivity index (χ1n) is 6.88. The lowest BCUT2D eigenvalue weighted by Gasteiger charge is -2.07. The third-order valence-corrected chi connectivity index (χ3v) is 3.85. The molecule has 5 heteroatoms. The van der Waals surface area contributed by atoms with Crippen LogP contribution in [-0.2, 0) is 13.0 Å². The predicted molar refractivity (Wildman–Crippen MR) is 84.0 cm³/mol. The number of hydrogen-bond acceptors (Lipinski definition) is 2. The molecule has 0 atom stereocenters. The second-order valence-electron chi connectivity index (χ2n) is 4.79. The summed E-state index contributed by atoms with van der Waals surface area (Å²) in [5.41, 5.74) is 7.81. The number of nitrogens with two attached hydrogens (primary N) is 1. The van der Waals surface area contributed by atoms with Crippen LogP contribution in [0.3, 0.4) is 0 Å². The van der Waals surface area contributed by atoms with Crippen molar-refractivity contribution in [3.63, 3.8) is 0 Å². The molecule has 2 aromatic rings. The summed E-state index contributed by atoms with van der Waals surface area (Å²) in [7, 11) is 0. The van der Waals surface area contributed by atoms with Gasteiger partial charge in [0.05, 0.1) is 0 Å². The molecule has 1 aromatic carbocycles. The molecule has 108 valence electrons. The maximum atomic E-state index is 13.2. The van der Waals surface area contributed by atoms with Crippen LogP contribution in [-0.4, -0.2) is 9.55 Å². The van der Waals surface area contributed by atoms with Crippen LogP contribution in [0.15, 0.2) is 22.7 Å². The molecule has 0 aliphatic heterocycles. The zero-order valence-electron chi connectivity index (χ0n) is 11.8. The summed E-state index contributed by atoms with van der Waals surface area (Å²) >= 11 is 3.38. The number of imidazole rings is 1. The number of rotatable bonds is 5. The Bertz CT molecular complexity index is 607. The van der Waals surface area contributed by atoms with E-state index in [9.17, 15) is 4.39 Å². The Kier molecular flexibility index (Phi) is 4.81. The van der Waals surface area contributed by atoms with Crippen LogP contribution in [0.2, 0.25) is 0 Å². The molecule has 0 bridgehead atoms. The smallest absolute Gasteiger partial charge is 0.131 e. The molecule has 0 aliphatic carbocycles. The molecule has 0 spiro atoms. The standard InChI is InChI=1S/C15H19BrFN3/c1-3-5-13-19-14(15(18)20(13)8-4-2)11-7-6-10(17)9-12(11)16/h6-7,9H,3-5,8,18H2,1-2H3. The lowest BCUT2D eigenvalue weighted by Crippen LogP contribution is -2.06. The minimum Gasteiger partial charge on any atom is -0.383 e. The van der Waals surface area contributed by atoms with E-state index in [0.717, 1.165) is 42.9 Å². The van der Waals surface area contributed by atoms with Crippen LogP contribution in [0.5, 0.6) is 0 Å². The first-order chi connectivity index (χ1) is 9.58. The minimum absolute atomic E-state index is 0.277. The summed E-state index contributed by atoms with van der Waals surface area (Å²) in [6.07, 6.45) is 2.91. The van der Waals surface area contributed by atoms with Crippen molar-refractivity contribution in [2.45, 2.75) is 39.7 Å². The van der Waals surface area contributed by atoms with Gasteiger partial charge in [-0.1, -0.05) is 13.8 Å². The van der Waals surface area contributed by atoms with Crippen molar-refractivity contribution in [1.82, 2.24) is 9.55 Å². The largest absolute Gasteiger partial charge is 0.383 e. The average molecular weight is 340 g/mol. The molecule has 0 radical (unpaired) electrons. The fourth-order valence-electron chi connectivity index (χ4n) is 2.28. The van der Waals surface area contributed by atoms with E-state index in [1.165, 1.54) is 12.1 Å². The van der Waals surface area contributed by atoms with E-state index in [1.807, 2.05) is 0 Å². The zero-order valence-corrected chi connectivity index (χ0v) is 13.4. The molecule has 0 fully saturated rings. The van der Waals surface area contributed by atoms with E-state index in [4.69, 9.17) is 5.73 Å². The Labute approximate surface area is 127 Å². The Morgan fingerprint density at radius 3 is 2.65 bits per heavy atom. The first kappa shape index (κ1) is 15.0. The summed E-state index contributed by atoms with van der Waals surface area (Å²) in [4.78, 5) is 4.66. The summed E-state index contributed by atoms with van der Waals surface area (Å²) < 4.78 is 15.9. The van der Waals surface area contributed by atoms with Gasteiger partial charge in [-0.05, 0) is 47.0 Å². The molecule has 2 N–H and O–H groups in total. The third-order valence-electron chi connectivity index (χ3n) is 3.19. The molecule has 0 saturated carbocycles. The summed E-state index contributed by atoms with van der Waals surface area (Å²) in [6.45, 7) is 5.09. The summed E-state index contributed by atoms with van der Waals surface area (Å²) in [5, 5.41) is 0. The highest BCUT2D eigenvalue weighted by Crippen LogP contribution is 2.33. The molecule has 1 heterocycles. The average Bonchev–Trinajstić information content (AvgIpc) is 2.69. The van der Waals surface area contributed by atoms with E-state index >= 15 is 0 Å². The van der Waals surface area contributed by atoms with Crippen molar-refractivity contribution >= 4 is 21.7 Å². The second-order valence-corrected chi connectivity index (χ2v) is 5.64. The Morgan fingerprint density at radius 2 is 2.05 bits per heavy atom. The lowest BCUT2D eigenvalue weighted by atomic mass is 10.1. The number of nitrogen functional groups attached to an aromatic ring is 1. The number of aromatic nitrogens is 2. The van der Waals surface area contributed by atoms with Gasteiger partial charge >= 0.3 is 0 Å². The van der Waals surface area contributed by atoms with E-state index in [0.29, 0.717) is 10.3 Å². The van der Waals surface area contributed by atoms with Gasteiger partial charge in [-0.25, -0.2) is 9.37 Å². The molecule has 3 nitrogen and oxygen atoms in total. The number of halogens is 2. The van der Waals surface area contributed by atoms with Crippen LogP contribution in [0.1, 0.15) is 32.5 Å². The number of benzene rings is 1. The van der Waals surface area contributed by atoms with Crippen LogP contribution in [0.4, 0.5) is 10.2 Å². The number of anilines is 1. The van der Waals surface area contributed by atoms with Crippen LogP contribution in [0, 0.1) is 5.82 Å². The van der Waals surface area contributed by atoms with E-state index in [-0.39, 0.29) is 5.82 Å².